The third-order valence-corrected chi connectivity index (χ3v) is 3.30. The molecule has 2 heterocycles. The molecule has 0 radical (unpaired) electrons. The maximum absolute atomic E-state index is 12.1. The lowest BCUT2D eigenvalue weighted by Gasteiger charge is -2.08. The van der Waals surface area contributed by atoms with E-state index in [0.717, 1.165) is 23.6 Å². The van der Waals surface area contributed by atoms with Gasteiger partial charge in [-0.2, -0.15) is 0 Å². The summed E-state index contributed by atoms with van der Waals surface area (Å²) >= 11 is 1.08. The molecule has 1 amide bonds. The van der Waals surface area contributed by atoms with Gasteiger partial charge in [-0.15, -0.1) is 0 Å². The van der Waals surface area contributed by atoms with Crippen LogP contribution < -0.4 is 15.5 Å². The molecule has 6 nitrogen and oxygen atoms in total. The van der Waals surface area contributed by atoms with Gasteiger partial charge in [-0.05, 0) is 26.0 Å². The van der Waals surface area contributed by atoms with E-state index < -0.39 is 0 Å². The van der Waals surface area contributed by atoms with Crippen LogP contribution in [0.1, 0.15) is 28.7 Å². The molecule has 0 fully saturated rings. The molecule has 0 aliphatic heterocycles. The lowest BCUT2D eigenvalue weighted by molar-refractivity contribution is 0.0950. The number of aromatic amines is 1. The molecule has 0 bridgehead atoms. The summed E-state index contributed by atoms with van der Waals surface area (Å²) in [5.74, 6) is 0.489. The molecule has 0 atom stereocenters. The molecule has 2 aromatic rings. The number of pyridine rings is 1. The van der Waals surface area contributed by atoms with E-state index >= 15 is 0 Å². The van der Waals surface area contributed by atoms with Crippen LogP contribution in [0.4, 0.5) is 5.82 Å². The minimum Gasteiger partial charge on any atom is -0.370 e. The van der Waals surface area contributed by atoms with Crippen LogP contribution in [-0.2, 0) is 6.54 Å². The number of amides is 1. The number of hydrogen-bond donors (Lipinski definition) is 3. The smallest absolute Gasteiger partial charge is 0.304 e. The van der Waals surface area contributed by atoms with E-state index in [9.17, 15) is 9.59 Å². The van der Waals surface area contributed by atoms with Crippen molar-refractivity contribution in [3.05, 3.63) is 44.1 Å². The van der Waals surface area contributed by atoms with Crippen LogP contribution in [0, 0.1) is 6.92 Å². The Kier molecular flexibility index (Phi) is 4.52. The molecular formula is C13H16N4O2S. The Hall–Kier alpha value is -2.15. The summed E-state index contributed by atoms with van der Waals surface area (Å²) in [4.78, 5) is 29.9. The molecule has 7 heteroatoms. The van der Waals surface area contributed by atoms with Crippen molar-refractivity contribution in [3.8, 4) is 0 Å². The minimum atomic E-state index is -0.193. The monoisotopic (exact) mass is 292 g/mol. The van der Waals surface area contributed by atoms with E-state index in [1.165, 1.54) is 0 Å². The third kappa shape index (κ3) is 3.67. The van der Waals surface area contributed by atoms with Crippen molar-refractivity contribution < 1.29 is 4.79 Å². The first-order chi connectivity index (χ1) is 9.58. The van der Waals surface area contributed by atoms with Gasteiger partial charge in [-0.3, -0.25) is 9.59 Å². The molecule has 106 valence electrons. The number of anilines is 1. The second-order valence-electron chi connectivity index (χ2n) is 4.27. The summed E-state index contributed by atoms with van der Waals surface area (Å²) in [6, 6.07) is 3.44. The average molecular weight is 292 g/mol. The first-order valence-electron chi connectivity index (χ1n) is 6.26. The molecule has 2 rings (SSSR count). The highest BCUT2D eigenvalue weighted by molar-refractivity contribution is 7.07. The molecule has 0 saturated carbocycles. The number of rotatable bonds is 5. The molecule has 0 unspecified atom stereocenters. The van der Waals surface area contributed by atoms with Crippen molar-refractivity contribution in [2.24, 2.45) is 0 Å². The normalized spacial score (nSPS) is 10.3. The zero-order valence-electron chi connectivity index (χ0n) is 11.3. The molecule has 0 spiro atoms. The fraction of sp³-hybridized carbons (Fsp3) is 0.308. The molecule has 0 saturated heterocycles. The molecule has 0 aliphatic rings. The SMILES string of the molecule is CCNc1cc(C(=O)NCc2csc(=O)[nH]2)cc(C)n1. The van der Waals surface area contributed by atoms with E-state index in [2.05, 4.69) is 20.6 Å². The van der Waals surface area contributed by atoms with Crippen LogP contribution in [0.2, 0.25) is 0 Å². The van der Waals surface area contributed by atoms with Gasteiger partial charge in [0.15, 0.2) is 0 Å². The number of carbonyl (C=O) groups is 1. The van der Waals surface area contributed by atoms with Crippen molar-refractivity contribution in [2.45, 2.75) is 20.4 Å². The fourth-order valence-corrected chi connectivity index (χ4v) is 2.33. The molecular weight excluding hydrogens is 276 g/mol. The number of carbonyl (C=O) groups excluding carboxylic acids is 1. The average Bonchev–Trinajstić information content (AvgIpc) is 2.81. The maximum atomic E-state index is 12.1. The van der Waals surface area contributed by atoms with Crippen molar-refractivity contribution in [3.63, 3.8) is 0 Å². The lowest BCUT2D eigenvalue weighted by Crippen LogP contribution is -2.23. The highest BCUT2D eigenvalue weighted by Gasteiger charge is 2.08. The van der Waals surface area contributed by atoms with Gasteiger partial charge in [-0.1, -0.05) is 11.3 Å². The topological polar surface area (TPSA) is 86.9 Å². The van der Waals surface area contributed by atoms with E-state index in [-0.39, 0.29) is 10.8 Å². The second-order valence-corrected chi connectivity index (χ2v) is 5.11. The Morgan fingerprint density at radius 1 is 1.45 bits per heavy atom. The van der Waals surface area contributed by atoms with Gasteiger partial charge in [0.25, 0.3) is 5.91 Å². The highest BCUT2D eigenvalue weighted by atomic mass is 32.1. The molecule has 2 aromatic heterocycles. The maximum Gasteiger partial charge on any atom is 0.304 e. The summed E-state index contributed by atoms with van der Waals surface area (Å²) in [7, 11) is 0. The van der Waals surface area contributed by atoms with Crippen LogP contribution in [-0.4, -0.2) is 22.4 Å². The van der Waals surface area contributed by atoms with Crippen LogP contribution in [0.3, 0.4) is 0 Å². The minimum absolute atomic E-state index is 0.122. The Morgan fingerprint density at radius 3 is 2.90 bits per heavy atom. The lowest BCUT2D eigenvalue weighted by atomic mass is 10.2. The molecule has 0 aliphatic carbocycles. The Morgan fingerprint density at radius 2 is 2.25 bits per heavy atom. The van der Waals surface area contributed by atoms with Crippen molar-refractivity contribution in [2.75, 3.05) is 11.9 Å². The van der Waals surface area contributed by atoms with Crippen LogP contribution in [0.5, 0.6) is 0 Å². The predicted molar refractivity (Wildman–Crippen MR) is 79.2 cm³/mol. The zero-order chi connectivity index (χ0) is 14.5. The van der Waals surface area contributed by atoms with Gasteiger partial charge >= 0.3 is 4.87 Å². The van der Waals surface area contributed by atoms with Gasteiger partial charge in [0, 0.05) is 28.9 Å². The van der Waals surface area contributed by atoms with Gasteiger partial charge in [0.05, 0.1) is 6.54 Å². The number of aryl methyl sites for hydroxylation is 1. The Balaban J connectivity index is 2.06. The number of H-pyrrole nitrogens is 1. The standard InChI is InChI=1S/C13H16N4O2S/c1-3-14-11-5-9(4-8(2)16-11)12(18)15-6-10-7-20-13(19)17-10/h4-5,7H,3,6H2,1-2H3,(H,14,16)(H,15,18)(H,17,19). The largest absolute Gasteiger partial charge is 0.370 e. The fourth-order valence-electron chi connectivity index (χ4n) is 1.75. The number of aromatic nitrogens is 2. The number of hydrogen-bond acceptors (Lipinski definition) is 5. The summed E-state index contributed by atoms with van der Waals surface area (Å²) < 4.78 is 0. The molecule has 0 aromatic carbocycles. The molecule has 20 heavy (non-hydrogen) atoms. The van der Waals surface area contributed by atoms with Gasteiger partial charge in [-0.25, -0.2) is 4.98 Å². The van der Waals surface area contributed by atoms with Crippen LogP contribution >= 0.6 is 11.3 Å². The van der Waals surface area contributed by atoms with Crippen LogP contribution in [0.15, 0.2) is 22.3 Å². The van der Waals surface area contributed by atoms with Gasteiger partial charge in [0.2, 0.25) is 0 Å². The van der Waals surface area contributed by atoms with Gasteiger partial charge < -0.3 is 15.6 Å². The Bertz CT molecular complexity index is 662. The second kappa shape index (κ2) is 6.33. The quantitative estimate of drug-likeness (QED) is 0.779. The van der Waals surface area contributed by atoms with Crippen LogP contribution in [0.25, 0.3) is 0 Å². The predicted octanol–water partition coefficient (Wildman–Crippen LogP) is 1.50. The number of nitrogens with one attached hydrogen (secondary N) is 3. The summed E-state index contributed by atoms with van der Waals surface area (Å²) in [6.45, 7) is 4.85. The molecule has 3 N–H and O–H groups in total. The summed E-state index contributed by atoms with van der Waals surface area (Å²) in [5.41, 5.74) is 2.02. The van der Waals surface area contributed by atoms with E-state index in [4.69, 9.17) is 0 Å². The first kappa shape index (κ1) is 14.3. The van der Waals surface area contributed by atoms with E-state index in [0.29, 0.717) is 23.6 Å². The van der Waals surface area contributed by atoms with Crippen molar-refractivity contribution in [1.29, 1.82) is 0 Å². The zero-order valence-corrected chi connectivity index (χ0v) is 12.1. The Labute approximate surface area is 120 Å². The highest BCUT2D eigenvalue weighted by Crippen LogP contribution is 2.10. The number of nitrogens with zero attached hydrogens (tertiary/aromatic N) is 1. The number of thiazole rings is 1. The van der Waals surface area contributed by atoms with Gasteiger partial charge in [0.1, 0.15) is 5.82 Å². The van der Waals surface area contributed by atoms with E-state index in [1.54, 1.807) is 17.5 Å². The van der Waals surface area contributed by atoms with E-state index in [1.807, 2.05) is 13.8 Å². The third-order valence-electron chi connectivity index (χ3n) is 2.58. The summed E-state index contributed by atoms with van der Waals surface area (Å²) in [5, 5.41) is 7.55. The van der Waals surface area contributed by atoms with Crippen molar-refractivity contribution >= 4 is 23.1 Å². The first-order valence-corrected chi connectivity index (χ1v) is 7.14. The van der Waals surface area contributed by atoms with Crippen molar-refractivity contribution in [1.82, 2.24) is 15.3 Å². The summed E-state index contributed by atoms with van der Waals surface area (Å²) in [6.07, 6.45) is 0.